The van der Waals surface area contributed by atoms with Gasteiger partial charge in [0.1, 0.15) is 0 Å². The zero-order valence-electron chi connectivity index (χ0n) is 9.95. The molecule has 1 atom stereocenters. The van der Waals surface area contributed by atoms with E-state index in [-0.39, 0.29) is 12.0 Å². The van der Waals surface area contributed by atoms with E-state index >= 15 is 0 Å². The van der Waals surface area contributed by atoms with Crippen molar-refractivity contribution >= 4 is 5.91 Å². The highest BCUT2D eigenvalue weighted by molar-refractivity contribution is 5.76. The van der Waals surface area contributed by atoms with Gasteiger partial charge in [-0.2, -0.15) is 0 Å². The highest BCUT2D eigenvalue weighted by Crippen LogP contribution is 2.05. The fraction of sp³-hybridized carbons (Fsp3) is 0.909. The fourth-order valence-electron chi connectivity index (χ4n) is 1.67. The molecule has 1 N–H and O–H groups in total. The average Bonchev–Trinajstić information content (AvgIpc) is 2.17. The van der Waals surface area contributed by atoms with Crippen molar-refractivity contribution in [3.05, 3.63) is 0 Å². The van der Waals surface area contributed by atoms with Crippen molar-refractivity contribution < 1.29 is 9.53 Å². The maximum atomic E-state index is 11.8. The summed E-state index contributed by atoms with van der Waals surface area (Å²) < 4.78 is 5.39. The molecule has 0 radical (unpaired) electrons. The van der Waals surface area contributed by atoms with Gasteiger partial charge in [-0.05, 0) is 6.92 Å². The average molecular weight is 214 g/mol. The molecule has 0 bridgehead atoms. The van der Waals surface area contributed by atoms with Crippen LogP contribution in [0.25, 0.3) is 0 Å². The summed E-state index contributed by atoms with van der Waals surface area (Å²) in [5.41, 5.74) is 0. The van der Waals surface area contributed by atoms with Gasteiger partial charge in [-0.1, -0.05) is 13.8 Å². The standard InChI is InChI=1S/C11H22N2O2/c1-9(2)12-5-4-11(14)13-6-7-15-10(3)8-13/h9-10,12H,4-8H2,1-3H3. The van der Waals surface area contributed by atoms with Gasteiger partial charge >= 0.3 is 0 Å². The number of rotatable bonds is 4. The van der Waals surface area contributed by atoms with Crippen molar-refractivity contribution in [1.29, 1.82) is 0 Å². The molecule has 1 aliphatic heterocycles. The quantitative estimate of drug-likeness (QED) is 0.746. The molecule has 0 aromatic heterocycles. The van der Waals surface area contributed by atoms with E-state index in [4.69, 9.17) is 4.74 Å². The van der Waals surface area contributed by atoms with E-state index in [9.17, 15) is 4.79 Å². The van der Waals surface area contributed by atoms with Gasteiger partial charge in [-0.15, -0.1) is 0 Å². The Bertz CT molecular complexity index is 207. The van der Waals surface area contributed by atoms with E-state index in [1.165, 1.54) is 0 Å². The molecule has 0 aromatic carbocycles. The predicted molar refractivity (Wildman–Crippen MR) is 59.7 cm³/mol. The second kappa shape index (κ2) is 6.08. The third-order valence-electron chi connectivity index (χ3n) is 2.49. The van der Waals surface area contributed by atoms with Crippen LogP contribution in [0.15, 0.2) is 0 Å². The van der Waals surface area contributed by atoms with E-state index < -0.39 is 0 Å². The molecular weight excluding hydrogens is 192 g/mol. The minimum atomic E-state index is 0.181. The summed E-state index contributed by atoms with van der Waals surface area (Å²) in [7, 11) is 0. The minimum absolute atomic E-state index is 0.181. The molecule has 0 aliphatic carbocycles. The van der Waals surface area contributed by atoms with Gasteiger partial charge in [-0.25, -0.2) is 0 Å². The maximum Gasteiger partial charge on any atom is 0.224 e. The van der Waals surface area contributed by atoms with E-state index in [2.05, 4.69) is 19.2 Å². The largest absolute Gasteiger partial charge is 0.375 e. The molecule has 1 aliphatic rings. The molecule has 0 saturated carbocycles. The SMILES string of the molecule is CC(C)NCCC(=O)N1CCOC(C)C1. The normalized spacial score (nSPS) is 22.1. The lowest BCUT2D eigenvalue weighted by atomic mass is 10.2. The number of ether oxygens (including phenoxy) is 1. The van der Waals surface area contributed by atoms with Crippen LogP contribution < -0.4 is 5.32 Å². The highest BCUT2D eigenvalue weighted by atomic mass is 16.5. The van der Waals surface area contributed by atoms with Gasteiger partial charge in [0, 0.05) is 32.1 Å². The Kier molecular flexibility index (Phi) is 5.05. The van der Waals surface area contributed by atoms with Crippen LogP contribution in [0.5, 0.6) is 0 Å². The van der Waals surface area contributed by atoms with Crippen LogP contribution in [0.1, 0.15) is 27.2 Å². The molecule has 4 nitrogen and oxygen atoms in total. The molecule has 1 unspecified atom stereocenters. The monoisotopic (exact) mass is 214 g/mol. The first-order valence-corrected chi connectivity index (χ1v) is 5.72. The Morgan fingerprint density at radius 2 is 2.33 bits per heavy atom. The minimum Gasteiger partial charge on any atom is -0.375 e. The molecule has 15 heavy (non-hydrogen) atoms. The van der Waals surface area contributed by atoms with Crippen LogP contribution in [0.3, 0.4) is 0 Å². The van der Waals surface area contributed by atoms with Crippen LogP contribution in [0.4, 0.5) is 0 Å². The van der Waals surface area contributed by atoms with Gasteiger partial charge < -0.3 is 15.0 Å². The van der Waals surface area contributed by atoms with Crippen molar-refractivity contribution in [3.8, 4) is 0 Å². The molecule has 88 valence electrons. The van der Waals surface area contributed by atoms with Crippen LogP contribution >= 0.6 is 0 Å². The number of carbonyl (C=O) groups excluding carboxylic acids is 1. The van der Waals surface area contributed by atoms with Gasteiger partial charge in [0.15, 0.2) is 0 Å². The molecule has 0 aromatic rings. The van der Waals surface area contributed by atoms with Crippen LogP contribution in [0.2, 0.25) is 0 Å². The van der Waals surface area contributed by atoms with E-state index in [1.54, 1.807) is 0 Å². The zero-order valence-corrected chi connectivity index (χ0v) is 9.95. The third kappa shape index (κ3) is 4.62. The summed E-state index contributed by atoms with van der Waals surface area (Å²) in [4.78, 5) is 13.7. The van der Waals surface area contributed by atoms with Crippen molar-refractivity contribution in [2.75, 3.05) is 26.2 Å². The molecule has 1 amide bonds. The Labute approximate surface area is 92.0 Å². The summed E-state index contributed by atoms with van der Waals surface area (Å²) in [6.07, 6.45) is 0.769. The Hall–Kier alpha value is -0.610. The van der Waals surface area contributed by atoms with Gasteiger partial charge in [0.25, 0.3) is 0 Å². The predicted octanol–water partition coefficient (Wildman–Crippen LogP) is 0.622. The molecule has 1 fully saturated rings. The summed E-state index contributed by atoms with van der Waals surface area (Å²) in [5.74, 6) is 0.235. The molecule has 1 heterocycles. The van der Waals surface area contributed by atoms with Crippen molar-refractivity contribution in [2.24, 2.45) is 0 Å². The lowest BCUT2D eigenvalue weighted by Crippen LogP contribution is -2.45. The first kappa shape index (κ1) is 12.5. The second-order valence-corrected chi connectivity index (χ2v) is 4.38. The summed E-state index contributed by atoms with van der Waals surface area (Å²) in [6, 6.07) is 0.446. The Morgan fingerprint density at radius 3 is 2.93 bits per heavy atom. The zero-order chi connectivity index (χ0) is 11.3. The number of nitrogens with one attached hydrogen (secondary N) is 1. The molecule has 0 spiro atoms. The smallest absolute Gasteiger partial charge is 0.224 e. The Morgan fingerprint density at radius 1 is 1.60 bits per heavy atom. The molecule has 4 heteroatoms. The molecule has 1 rings (SSSR count). The van der Waals surface area contributed by atoms with Gasteiger partial charge in [-0.3, -0.25) is 4.79 Å². The van der Waals surface area contributed by atoms with E-state index in [0.29, 0.717) is 19.1 Å². The summed E-state index contributed by atoms with van der Waals surface area (Å²) in [6.45, 7) is 9.09. The van der Waals surface area contributed by atoms with Crippen LogP contribution in [-0.4, -0.2) is 49.2 Å². The number of nitrogens with zero attached hydrogens (tertiary/aromatic N) is 1. The number of hydrogen-bond donors (Lipinski definition) is 1. The van der Waals surface area contributed by atoms with E-state index in [1.807, 2.05) is 11.8 Å². The number of carbonyl (C=O) groups is 1. The van der Waals surface area contributed by atoms with Gasteiger partial charge in [0.05, 0.1) is 12.7 Å². The highest BCUT2D eigenvalue weighted by Gasteiger charge is 2.20. The second-order valence-electron chi connectivity index (χ2n) is 4.38. The lowest BCUT2D eigenvalue weighted by molar-refractivity contribution is -0.138. The van der Waals surface area contributed by atoms with Crippen molar-refractivity contribution in [3.63, 3.8) is 0 Å². The van der Waals surface area contributed by atoms with Crippen LogP contribution in [-0.2, 0) is 9.53 Å². The summed E-state index contributed by atoms with van der Waals surface area (Å²) >= 11 is 0. The maximum absolute atomic E-state index is 11.8. The van der Waals surface area contributed by atoms with Crippen LogP contribution in [0, 0.1) is 0 Å². The molecular formula is C11H22N2O2. The van der Waals surface area contributed by atoms with Crippen molar-refractivity contribution in [1.82, 2.24) is 10.2 Å². The first-order valence-electron chi connectivity index (χ1n) is 5.72. The topological polar surface area (TPSA) is 41.6 Å². The number of amides is 1. The fourth-order valence-corrected chi connectivity index (χ4v) is 1.67. The first-order chi connectivity index (χ1) is 7.09. The molecule has 1 saturated heterocycles. The third-order valence-corrected chi connectivity index (χ3v) is 2.49. The van der Waals surface area contributed by atoms with Gasteiger partial charge in [0.2, 0.25) is 5.91 Å². The Balaban J connectivity index is 2.21. The van der Waals surface area contributed by atoms with E-state index in [0.717, 1.165) is 19.6 Å². The van der Waals surface area contributed by atoms with Crippen molar-refractivity contribution in [2.45, 2.75) is 39.3 Å². The number of morpholine rings is 1. The number of hydrogen-bond acceptors (Lipinski definition) is 3. The lowest BCUT2D eigenvalue weighted by Gasteiger charge is -2.31. The summed E-state index contributed by atoms with van der Waals surface area (Å²) in [5, 5.41) is 3.25.